The zero-order chi connectivity index (χ0) is 13.7. The average molecular weight is 257 g/mol. The highest BCUT2D eigenvalue weighted by Gasteiger charge is 2.11. The number of aromatic nitrogens is 2. The SMILES string of the molecule is CCN(Cc1ccncc1)c1cc(C)ncc1CO. The second-order valence-corrected chi connectivity index (χ2v) is 4.48. The lowest BCUT2D eigenvalue weighted by Crippen LogP contribution is -2.23. The number of aliphatic hydroxyl groups excluding tert-OH is 1. The highest BCUT2D eigenvalue weighted by molar-refractivity contribution is 5.53. The first-order chi connectivity index (χ1) is 9.24. The third-order valence-electron chi connectivity index (χ3n) is 3.11. The third-order valence-corrected chi connectivity index (χ3v) is 3.11. The number of nitrogens with zero attached hydrogens (tertiary/aromatic N) is 3. The molecule has 0 aliphatic rings. The van der Waals surface area contributed by atoms with Crippen LogP contribution in [0.3, 0.4) is 0 Å². The van der Waals surface area contributed by atoms with Crippen LogP contribution in [0.2, 0.25) is 0 Å². The van der Waals surface area contributed by atoms with Crippen molar-refractivity contribution in [2.24, 2.45) is 0 Å². The summed E-state index contributed by atoms with van der Waals surface area (Å²) in [7, 11) is 0. The van der Waals surface area contributed by atoms with E-state index in [2.05, 4.69) is 21.8 Å². The number of rotatable bonds is 5. The van der Waals surface area contributed by atoms with Crippen molar-refractivity contribution >= 4 is 5.69 Å². The summed E-state index contributed by atoms with van der Waals surface area (Å²) in [6, 6.07) is 6.04. The molecule has 2 rings (SSSR count). The summed E-state index contributed by atoms with van der Waals surface area (Å²) in [6.45, 7) is 5.76. The van der Waals surface area contributed by atoms with Gasteiger partial charge in [0.15, 0.2) is 0 Å². The van der Waals surface area contributed by atoms with E-state index in [0.717, 1.165) is 30.0 Å². The van der Waals surface area contributed by atoms with Gasteiger partial charge in [-0.1, -0.05) is 0 Å². The highest BCUT2D eigenvalue weighted by Crippen LogP contribution is 2.22. The maximum Gasteiger partial charge on any atom is 0.0717 e. The van der Waals surface area contributed by atoms with Crippen molar-refractivity contribution in [3.05, 3.63) is 53.6 Å². The van der Waals surface area contributed by atoms with Crippen LogP contribution >= 0.6 is 0 Å². The Balaban J connectivity index is 2.29. The second-order valence-electron chi connectivity index (χ2n) is 4.48. The van der Waals surface area contributed by atoms with Gasteiger partial charge in [-0.05, 0) is 37.6 Å². The van der Waals surface area contributed by atoms with Crippen LogP contribution in [0.1, 0.15) is 23.7 Å². The van der Waals surface area contributed by atoms with Gasteiger partial charge in [-0.25, -0.2) is 0 Å². The molecule has 2 aromatic rings. The normalized spacial score (nSPS) is 10.5. The molecule has 0 saturated carbocycles. The Morgan fingerprint density at radius 1 is 1.26 bits per heavy atom. The number of aryl methyl sites for hydroxylation is 1. The van der Waals surface area contributed by atoms with Gasteiger partial charge in [0.1, 0.15) is 0 Å². The molecule has 100 valence electrons. The first-order valence-electron chi connectivity index (χ1n) is 6.44. The van der Waals surface area contributed by atoms with Crippen LogP contribution in [0.25, 0.3) is 0 Å². The van der Waals surface area contributed by atoms with Crippen LogP contribution in [0.15, 0.2) is 36.8 Å². The lowest BCUT2D eigenvalue weighted by atomic mass is 10.1. The van der Waals surface area contributed by atoms with E-state index in [1.165, 1.54) is 5.56 Å². The Bertz CT molecular complexity index is 528. The molecule has 0 amide bonds. The molecular formula is C15H19N3O. The molecule has 0 aliphatic heterocycles. The van der Waals surface area contributed by atoms with E-state index in [0.29, 0.717) is 0 Å². The predicted molar refractivity (Wildman–Crippen MR) is 75.9 cm³/mol. The molecule has 0 unspecified atom stereocenters. The molecular weight excluding hydrogens is 238 g/mol. The molecule has 0 aliphatic carbocycles. The minimum Gasteiger partial charge on any atom is -0.392 e. The monoisotopic (exact) mass is 257 g/mol. The van der Waals surface area contributed by atoms with Gasteiger partial charge < -0.3 is 10.0 Å². The summed E-state index contributed by atoms with van der Waals surface area (Å²) in [5.74, 6) is 0. The fourth-order valence-corrected chi connectivity index (χ4v) is 2.07. The van der Waals surface area contributed by atoms with Crippen molar-refractivity contribution in [2.45, 2.75) is 27.0 Å². The van der Waals surface area contributed by atoms with Crippen LogP contribution in [0, 0.1) is 6.92 Å². The van der Waals surface area contributed by atoms with Gasteiger partial charge in [-0.15, -0.1) is 0 Å². The van der Waals surface area contributed by atoms with E-state index >= 15 is 0 Å². The van der Waals surface area contributed by atoms with Gasteiger partial charge in [0.25, 0.3) is 0 Å². The summed E-state index contributed by atoms with van der Waals surface area (Å²) in [5, 5.41) is 9.44. The second kappa shape index (κ2) is 6.29. The Hall–Kier alpha value is -1.94. The quantitative estimate of drug-likeness (QED) is 0.893. The molecule has 4 heteroatoms. The van der Waals surface area contributed by atoms with Crippen molar-refractivity contribution in [1.29, 1.82) is 0 Å². The first kappa shape index (κ1) is 13.5. The highest BCUT2D eigenvalue weighted by atomic mass is 16.3. The largest absolute Gasteiger partial charge is 0.392 e. The van der Waals surface area contributed by atoms with E-state index < -0.39 is 0 Å². The number of anilines is 1. The molecule has 0 saturated heterocycles. The summed E-state index contributed by atoms with van der Waals surface area (Å²) >= 11 is 0. The average Bonchev–Trinajstić information content (AvgIpc) is 2.46. The van der Waals surface area contributed by atoms with Crippen molar-refractivity contribution in [3.8, 4) is 0 Å². The molecule has 0 atom stereocenters. The van der Waals surface area contributed by atoms with Gasteiger partial charge in [0.2, 0.25) is 0 Å². The van der Waals surface area contributed by atoms with E-state index in [9.17, 15) is 5.11 Å². The van der Waals surface area contributed by atoms with E-state index in [1.807, 2.05) is 25.1 Å². The third kappa shape index (κ3) is 3.29. The predicted octanol–water partition coefficient (Wildman–Crippen LogP) is 2.30. The van der Waals surface area contributed by atoms with Gasteiger partial charge in [0, 0.05) is 48.6 Å². The zero-order valence-corrected chi connectivity index (χ0v) is 11.4. The van der Waals surface area contributed by atoms with Crippen LogP contribution in [0.4, 0.5) is 5.69 Å². The van der Waals surface area contributed by atoms with Crippen LogP contribution in [-0.2, 0) is 13.2 Å². The fourth-order valence-electron chi connectivity index (χ4n) is 2.07. The first-order valence-corrected chi connectivity index (χ1v) is 6.44. The van der Waals surface area contributed by atoms with Gasteiger partial charge in [-0.2, -0.15) is 0 Å². The van der Waals surface area contributed by atoms with Crippen LogP contribution in [0.5, 0.6) is 0 Å². The molecule has 0 bridgehead atoms. The molecule has 1 N–H and O–H groups in total. The molecule has 0 fully saturated rings. The molecule has 0 aromatic carbocycles. The summed E-state index contributed by atoms with van der Waals surface area (Å²) < 4.78 is 0. The molecule has 0 radical (unpaired) electrons. The fraction of sp³-hybridized carbons (Fsp3) is 0.333. The summed E-state index contributed by atoms with van der Waals surface area (Å²) in [4.78, 5) is 10.5. The lowest BCUT2D eigenvalue weighted by molar-refractivity contribution is 0.281. The number of hydrogen-bond acceptors (Lipinski definition) is 4. The Kier molecular flexibility index (Phi) is 4.47. The molecule has 19 heavy (non-hydrogen) atoms. The van der Waals surface area contributed by atoms with Crippen LogP contribution < -0.4 is 4.90 Å². The summed E-state index contributed by atoms with van der Waals surface area (Å²) in [5.41, 5.74) is 4.08. The van der Waals surface area contributed by atoms with Crippen molar-refractivity contribution in [3.63, 3.8) is 0 Å². The molecule has 2 heterocycles. The van der Waals surface area contributed by atoms with Crippen molar-refractivity contribution < 1.29 is 5.11 Å². The maximum atomic E-state index is 9.44. The van der Waals surface area contributed by atoms with Crippen LogP contribution in [-0.4, -0.2) is 21.6 Å². The van der Waals surface area contributed by atoms with Crippen molar-refractivity contribution in [1.82, 2.24) is 9.97 Å². The van der Waals surface area contributed by atoms with Gasteiger partial charge in [0.05, 0.1) is 6.61 Å². The number of pyridine rings is 2. The van der Waals surface area contributed by atoms with E-state index in [4.69, 9.17) is 0 Å². The maximum absolute atomic E-state index is 9.44. The Labute approximate surface area is 113 Å². The molecule has 4 nitrogen and oxygen atoms in total. The Morgan fingerprint density at radius 2 is 2.00 bits per heavy atom. The number of aliphatic hydroxyl groups is 1. The Morgan fingerprint density at radius 3 is 2.63 bits per heavy atom. The topological polar surface area (TPSA) is 49.2 Å². The zero-order valence-electron chi connectivity index (χ0n) is 11.4. The smallest absolute Gasteiger partial charge is 0.0717 e. The van der Waals surface area contributed by atoms with E-state index in [1.54, 1.807) is 18.6 Å². The lowest BCUT2D eigenvalue weighted by Gasteiger charge is -2.25. The minimum atomic E-state index is 0.00938. The summed E-state index contributed by atoms with van der Waals surface area (Å²) in [6.07, 6.45) is 5.35. The van der Waals surface area contributed by atoms with Crippen molar-refractivity contribution in [2.75, 3.05) is 11.4 Å². The minimum absolute atomic E-state index is 0.00938. The van der Waals surface area contributed by atoms with Gasteiger partial charge >= 0.3 is 0 Å². The van der Waals surface area contributed by atoms with E-state index in [-0.39, 0.29) is 6.61 Å². The number of hydrogen-bond donors (Lipinski definition) is 1. The van der Waals surface area contributed by atoms with Gasteiger partial charge in [-0.3, -0.25) is 9.97 Å². The molecule has 2 aromatic heterocycles. The standard InChI is InChI=1S/C15H19N3O/c1-3-18(10-13-4-6-16-7-5-13)15-8-12(2)17-9-14(15)11-19/h4-9,19H,3,10-11H2,1-2H3. The molecule has 0 spiro atoms.